The van der Waals surface area contributed by atoms with E-state index in [0.717, 1.165) is 53.2 Å². The van der Waals surface area contributed by atoms with E-state index in [1.807, 2.05) is 12.1 Å². The minimum atomic E-state index is 0.289. The van der Waals surface area contributed by atoms with Crippen LogP contribution in [0.25, 0.3) is 0 Å². The highest BCUT2D eigenvalue weighted by atomic mass is 79.9. The van der Waals surface area contributed by atoms with Gasteiger partial charge in [-0.15, -0.1) is 0 Å². The molecule has 148 valence electrons. The Hall–Kier alpha value is -1.56. The van der Waals surface area contributed by atoms with Gasteiger partial charge in [-0.1, -0.05) is 29.8 Å². The second-order valence-electron chi connectivity index (χ2n) is 6.84. The van der Waals surface area contributed by atoms with Crippen molar-refractivity contribution in [3.05, 3.63) is 57.6 Å². The Morgan fingerprint density at radius 2 is 1.93 bits per heavy atom. The fraction of sp³-hybridized carbons (Fsp3) is 0.455. The van der Waals surface area contributed by atoms with E-state index in [4.69, 9.17) is 14.2 Å². The van der Waals surface area contributed by atoms with Crippen molar-refractivity contribution in [2.75, 3.05) is 20.3 Å². The van der Waals surface area contributed by atoms with Gasteiger partial charge in [-0.3, -0.25) is 0 Å². The number of rotatable bonds is 11. The van der Waals surface area contributed by atoms with E-state index in [-0.39, 0.29) is 6.10 Å². The minimum Gasteiger partial charge on any atom is -0.493 e. The molecule has 0 fully saturated rings. The van der Waals surface area contributed by atoms with Crippen molar-refractivity contribution in [2.45, 2.75) is 46.4 Å². The van der Waals surface area contributed by atoms with E-state index < -0.39 is 0 Å². The van der Waals surface area contributed by atoms with Gasteiger partial charge in [0.1, 0.15) is 6.61 Å². The third kappa shape index (κ3) is 7.53. The van der Waals surface area contributed by atoms with Crippen LogP contribution < -0.4 is 14.8 Å². The highest BCUT2D eigenvalue weighted by Gasteiger charge is 2.12. The summed E-state index contributed by atoms with van der Waals surface area (Å²) in [5, 5.41) is 3.44. The van der Waals surface area contributed by atoms with Crippen LogP contribution in [0.4, 0.5) is 0 Å². The van der Waals surface area contributed by atoms with E-state index in [2.05, 4.69) is 66.3 Å². The molecule has 2 aromatic carbocycles. The molecule has 0 aliphatic heterocycles. The van der Waals surface area contributed by atoms with Gasteiger partial charge in [0.15, 0.2) is 11.5 Å². The third-order valence-corrected chi connectivity index (χ3v) is 4.62. The molecule has 2 rings (SSSR count). The van der Waals surface area contributed by atoms with Crippen molar-refractivity contribution in [3.8, 4) is 11.5 Å². The number of halogens is 1. The summed E-state index contributed by atoms with van der Waals surface area (Å²) in [6.07, 6.45) is 1.28. The SMILES string of the molecule is COc1cc(CNCCCOC(C)C)cc(Br)c1OCc1cccc(C)c1. The van der Waals surface area contributed by atoms with Crippen LogP contribution in [0, 0.1) is 6.92 Å². The maximum atomic E-state index is 6.03. The number of hydrogen-bond donors (Lipinski definition) is 1. The molecule has 0 saturated heterocycles. The fourth-order valence-electron chi connectivity index (χ4n) is 2.72. The summed E-state index contributed by atoms with van der Waals surface area (Å²) in [6.45, 7) is 9.16. The molecule has 0 radical (unpaired) electrons. The summed E-state index contributed by atoms with van der Waals surface area (Å²) in [5.41, 5.74) is 3.51. The molecule has 27 heavy (non-hydrogen) atoms. The highest BCUT2D eigenvalue weighted by Crippen LogP contribution is 2.37. The van der Waals surface area contributed by atoms with E-state index in [9.17, 15) is 0 Å². The van der Waals surface area contributed by atoms with Gasteiger partial charge in [-0.25, -0.2) is 0 Å². The monoisotopic (exact) mass is 435 g/mol. The summed E-state index contributed by atoms with van der Waals surface area (Å²) >= 11 is 3.62. The van der Waals surface area contributed by atoms with Crippen LogP contribution in [-0.2, 0) is 17.9 Å². The van der Waals surface area contributed by atoms with E-state index in [1.54, 1.807) is 7.11 Å². The Kier molecular flexibility index (Phi) is 9.11. The van der Waals surface area contributed by atoms with E-state index >= 15 is 0 Å². The molecule has 0 atom stereocenters. The lowest BCUT2D eigenvalue weighted by atomic mass is 10.1. The second kappa shape index (κ2) is 11.3. The van der Waals surface area contributed by atoms with Crippen LogP contribution in [-0.4, -0.2) is 26.4 Å². The predicted octanol–water partition coefficient (Wildman–Crippen LogP) is 5.25. The standard InChI is InChI=1S/C22H30BrNO3/c1-16(2)26-10-6-9-24-14-19-12-20(23)22(21(13-19)25-4)27-15-18-8-5-7-17(3)11-18/h5,7-8,11-13,16,24H,6,9-10,14-15H2,1-4H3. The van der Waals surface area contributed by atoms with E-state index in [1.165, 1.54) is 5.56 Å². The van der Waals surface area contributed by atoms with Crippen LogP contribution in [0.3, 0.4) is 0 Å². The van der Waals surface area contributed by atoms with Crippen LogP contribution in [0.1, 0.15) is 37.0 Å². The normalized spacial score (nSPS) is 11.0. The smallest absolute Gasteiger partial charge is 0.175 e. The summed E-state index contributed by atoms with van der Waals surface area (Å²) in [6, 6.07) is 12.4. The molecule has 0 unspecified atom stereocenters. The Morgan fingerprint density at radius 3 is 2.63 bits per heavy atom. The molecule has 0 spiro atoms. The Bertz CT molecular complexity index is 719. The van der Waals surface area contributed by atoms with Crippen molar-refractivity contribution in [2.24, 2.45) is 0 Å². The first-order valence-electron chi connectivity index (χ1n) is 9.36. The van der Waals surface area contributed by atoms with Crippen LogP contribution in [0.5, 0.6) is 11.5 Å². The van der Waals surface area contributed by atoms with Crippen molar-refractivity contribution in [1.29, 1.82) is 0 Å². The molecule has 0 aliphatic carbocycles. The average Bonchev–Trinajstić information content (AvgIpc) is 2.63. The van der Waals surface area contributed by atoms with E-state index in [0.29, 0.717) is 6.61 Å². The second-order valence-corrected chi connectivity index (χ2v) is 7.69. The van der Waals surface area contributed by atoms with Gasteiger partial charge in [0.25, 0.3) is 0 Å². The van der Waals surface area contributed by atoms with Crippen molar-refractivity contribution in [3.63, 3.8) is 0 Å². The zero-order chi connectivity index (χ0) is 19.6. The maximum absolute atomic E-state index is 6.03. The molecule has 0 amide bonds. The lowest BCUT2D eigenvalue weighted by molar-refractivity contribution is 0.0770. The lowest BCUT2D eigenvalue weighted by Crippen LogP contribution is -2.17. The first kappa shape index (κ1) is 21.7. The molecular formula is C22H30BrNO3. The van der Waals surface area contributed by atoms with Crippen molar-refractivity contribution < 1.29 is 14.2 Å². The first-order chi connectivity index (χ1) is 13.0. The zero-order valence-electron chi connectivity index (χ0n) is 16.7. The predicted molar refractivity (Wildman–Crippen MR) is 114 cm³/mol. The molecule has 0 saturated carbocycles. The highest BCUT2D eigenvalue weighted by molar-refractivity contribution is 9.10. The number of aryl methyl sites for hydroxylation is 1. The molecule has 0 heterocycles. The molecule has 1 N–H and O–H groups in total. The van der Waals surface area contributed by atoms with Crippen LogP contribution in [0.2, 0.25) is 0 Å². The summed E-state index contributed by atoms with van der Waals surface area (Å²) in [5.74, 6) is 1.46. The topological polar surface area (TPSA) is 39.7 Å². The van der Waals surface area contributed by atoms with Crippen LogP contribution in [0.15, 0.2) is 40.9 Å². The van der Waals surface area contributed by atoms with Crippen molar-refractivity contribution in [1.82, 2.24) is 5.32 Å². The van der Waals surface area contributed by atoms with Gasteiger partial charge >= 0.3 is 0 Å². The zero-order valence-corrected chi connectivity index (χ0v) is 18.3. The Morgan fingerprint density at radius 1 is 1.11 bits per heavy atom. The van der Waals surface area contributed by atoms with Gasteiger partial charge in [-0.05, 0) is 72.9 Å². The van der Waals surface area contributed by atoms with Crippen LogP contribution >= 0.6 is 15.9 Å². The van der Waals surface area contributed by atoms with Gasteiger partial charge in [0, 0.05) is 13.2 Å². The molecule has 0 bridgehead atoms. The largest absolute Gasteiger partial charge is 0.493 e. The molecule has 0 aromatic heterocycles. The van der Waals surface area contributed by atoms with Gasteiger partial charge < -0.3 is 19.5 Å². The molecule has 0 aliphatic rings. The first-order valence-corrected chi connectivity index (χ1v) is 10.2. The summed E-state index contributed by atoms with van der Waals surface area (Å²) in [7, 11) is 1.67. The van der Waals surface area contributed by atoms with Gasteiger partial charge in [-0.2, -0.15) is 0 Å². The Balaban J connectivity index is 1.91. The molecular weight excluding hydrogens is 406 g/mol. The lowest BCUT2D eigenvalue weighted by Gasteiger charge is -2.15. The number of ether oxygens (including phenoxy) is 3. The Labute approximate surface area is 171 Å². The summed E-state index contributed by atoms with van der Waals surface area (Å²) in [4.78, 5) is 0. The third-order valence-electron chi connectivity index (χ3n) is 4.03. The van der Waals surface area contributed by atoms with Gasteiger partial charge in [0.2, 0.25) is 0 Å². The average molecular weight is 436 g/mol. The number of hydrogen-bond acceptors (Lipinski definition) is 4. The van der Waals surface area contributed by atoms with Gasteiger partial charge in [0.05, 0.1) is 17.7 Å². The molecule has 4 nitrogen and oxygen atoms in total. The molecule has 2 aromatic rings. The molecule has 5 heteroatoms. The number of nitrogens with one attached hydrogen (secondary N) is 1. The fourth-order valence-corrected chi connectivity index (χ4v) is 3.33. The summed E-state index contributed by atoms with van der Waals surface area (Å²) < 4.78 is 18.0. The maximum Gasteiger partial charge on any atom is 0.175 e. The number of benzene rings is 2. The van der Waals surface area contributed by atoms with Crippen molar-refractivity contribution >= 4 is 15.9 Å². The number of methoxy groups -OCH3 is 1. The minimum absolute atomic E-state index is 0.289. The quantitative estimate of drug-likeness (QED) is 0.489.